The van der Waals surface area contributed by atoms with Gasteiger partial charge in [-0.3, -0.25) is 4.90 Å². The Morgan fingerprint density at radius 3 is 2.46 bits per heavy atom. The summed E-state index contributed by atoms with van der Waals surface area (Å²) in [5, 5.41) is 0. The Morgan fingerprint density at radius 1 is 1.00 bits per heavy atom. The van der Waals surface area contributed by atoms with Gasteiger partial charge in [-0.25, -0.2) is 0 Å². The van der Waals surface area contributed by atoms with E-state index < -0.39 is 0 Å². The van der Waals surface area contributed by atoms with E-state index in [-0.39, 0.29) is 0 Å². The fourth-order valence-corrected chi connectivity index (χ4v) is 3.51. The minimum absolute atomic E-state index is 0.537. The van der Waals surface area contributed by atoms with E-state index in [9.17, 15) is 0 Å². The van der Waals surface area contributed by atoms with Crippen molar-refractivity contribution in [2.24, 2.45) is 0 Å². The van der Waals surface area contributed by atoms with Crippen LogP contribution in [0.1, 0.15) is 30.4 Å². The van der Waals surface area contributed by atoms with Gasteiger partial charge in [0.1, 0.15) is 6.61 Å². The van der Waals surface area contributed by atoms with Gasteiger partial charge in [0.05, 0.1) is 7.11 Å². The van der Waals surface area contributed by atoms with Crippen molar-refractivity contribution in [3.05, 3.63) is 58.1 Å². The van der Waals surface area contributed by atoms with Gasteiger partial charge in [0.15, 0.2) is 11.5 Å². The quantitative estimate of drug-likeness (QED) is 0.691. The fraction of sp³-hybridized carbons (Fsp3) is 0.400. The average molecular weight is 390 g/mol. The molecule has 4 heteroatoms. The number of halogens is 1. The second-order valence-corrected chi connectivity index (χ2v) is 7.06. The van der Waals surface area contributed by atoms with Gasteiger partial charge in [-0.2, -0.15) is 0 Å². The predicted octanol–water partition coefficient (Wildman–Crippen LogP) is 5.02. The van der Waals surface area contributed by atoms with Crippen LogP contribution in [-0.2, 0) is 13.2 Å². The van der Waals surface area contributed by atoms with E-state index in [0.717, 1.165) is 28.1 Å². The molecule has 0 radical (unpaired) electrons. The molecule has 0 aliphatic carbocycles. The maximum Gasteiger partial charge on any atom is 0.162 e. The molecule has 24 heavy (non-hydrogen) atoms. The number of likely N-dealkylation sites (tertiary alicyclic amines) is 1. The Hall–Kier alpha value is -1.52. The van der Waals surface area contributed by atoms with E-state index >= 15 is 0 Å². The van der Waals surface area contributed by atoms with Crippen molar-refractivity contribution in [2.45, 2.75) is 32.4 Å². The van der Waals surface area contributed by atoms with Crippen LogP contribution in [0, 0.1) is 0 Å². The third-order valence-electron chi connectivity index (χ3n) is 4.41. The molecular formula is C20H24BrNO2. The van der Waals surface area contributed by atoms with Crippen molar-refractivity contribution in [1.82, 2.24) is 4.90 Å². The van der Waals surface area contributed by atoms with E-state index in [1.54, 1.807) is 7.11 Å². The maximum absolute atomic E-state index is 5.97. The van der Waals surface area contributed by atoms with Gasteiger partial charge in [-0.15, -0.1) is 0 Å². The summed E-state index contributed by atoms with van der Waals surface area (Å²) in [5.41, 5.74) is 2.40. The van der Waals surface area contributed by atoms with Crippen LogP contribution in [0.15, 0.2) is 46.9 Å². The van der Waals surface area contributed by atoms with Crippen LogP contribution in [0.25, 0.3) is 0 Å². The average Bonchev–Trinajstić information content (AvgIpc) is 2.63. The summed E-state index contributed by atoms with van der Waals surface area (Å²) in [5.74, 6) is 1.57. The lowest BCUT2D eigenvalue weighted by Gasteiger charge is -2.27. The number of rotatable bonds is 6. The van der Waals surface area contributed by atoms with E-state index in [2.05, 4.69) is 39.0 Å². The molecule has 0 bridgehead atoms. The van der Waals surface area contributed by atoms with Gasteiger partial charge in [0, 0.05) is 11.0 Å². The van der Waals surface area contributed by atoms with E-state index in [4.69, 9.17) is 9.47 Å². The Bertz CT molecular complexity index is 654. The molecule has 0 aromatic heterocycles. The Morgan fingerprint density at radius 2 is 1.75 bits per heavy atom. The van der Waals surface area contributed by atoms with Crippen molar-refractivity contribution in [3.63, 3.8) is 0 Å². The van der Waals surface area contributed by atoms with Gasteiger partial charge in [0.25, 0.3) is 0 Å². The zero-order valence-electron chi connectivity index (χ0n) is 14.1. The first-order chi connectivity index (χ1) is 11.8. The Balaban J connectivity index is 1.71. The van der Waals surface area contributed by atoms with Crippen molar-refractivity contribution >= 4 is 15.9 Å². The molecule has 3 rings (SSSR count). The molecule has 0 unspecified atom stereocenters. The van der Waals surface area contributed by atoms with Crippen LogP contribution in [-0.4, -0.2) is 25.1 Å². The standard InChI is InChI=1S/C20H24BrNO2/c1-23-19-12-17(14-22-10-6-3-7-11-22)18(21)13-20(19)24-15-16-8-4-2-5-9-16/h2,4-5,8-9,12-13H,3,6-7,10-11,14-15H2,1H3. The smallest absolute Gasteiger partial charge is 0.162 e. The molecule has 1 aliphatic heterocycles. The number of hydrogen-bond donors (Lipinski definition) is 0. The molecule has 1 aliphatic rings. The fourth-order valence-electron chi connectivity index (χ4n) is 3.06. The SMILES string of the molecule is COc1cc(CN2CCCCC2)c(Br)cc1OCc1ccccc1. The van der Waals surface area contributed by atoms with Crippen molar-refractivity contribution < 1.29 is 9.47 Å². The third-order valence-corrected chi connectivity index (χ3v) is 5.15. The van der Waals surface area contributed by atoms with Gasteiger partial charge >= 0.3 is 0 Å². The molecule has 2 aromatic carbocycles. The van der Waals surface area contributed by atoms with Gasteiger partial charge < -0.3 is 9.47 Å². The highest BCUT2D eigenvalue weighted by molar-refractivity contribution is 9.10. The molecule has 1 saturated heterocycles. The van der Waals surface area contributed by atoms with E-state index in [1.165, 1.54) is 37.9 Å². The molecule has 128 valence electrons. The van der Waals surface area contributed by atoms with Gasteiger partial charge in [-0.05, 0) is 49.2 Å². The van der Waals surface area contributed by atoms with Crippen LogP contribution in [0.5, 0.6) is 11.5 Å². The molecule has 0 spiro atoms. The molecule has 3 nitrogen and oxygen atoms in total. The van der Waals surface area contributed by atoms with Crippen LogP contribution in [0.4, 0.5) is 0 Å². The Kier molecular flexibility index (Phi) is 6.16. The monoisotopic (exact) mass is 389 g/mol. The molecule has 0 atom stereocenters. The molecule has 0 N–H and O–H groups in total. The topological polar surface area (TPSA) is 21.7 Å². The summed E-state index contributed by atoms with van der Waals surface area (Å²) in [6, 6.07) is 14.3. The largest absolute Gasteiger partial charge is 0.493 e. The molecule has 2 aromatic rings. The van der Waals surface area contributed by atoms with Crippen LogP contribution in [0.2, 0.25) is 0 Å². The minimum atomic E-state index is 0.537. The number of hydrogen-bond acceptors (Lipinski definition) is 3. The lowest BCUT2D eigenvalue weighted by molar-refractivity contribution is 0.220. The number of benzene rings is 2. The van der Waals surface area contributed by atoms with Crippen molar-refractivity contribution in [1.29, 1.82) is 0 Å². The Labute approximate surface area is 152 Å². The molecule has 0 saturated carbocycles. The summed E-state index contributed by atoms with van der Waals surface area (Å²) in [6.07, 6.45) is 3.95. The number of ether oxygens (including phenoxy) is 2. The lowest BCUT2D eigenvalue weighted by atomic mass is 10.1. The first-order valence-electron chi connectivity index (χ1n) is 8.52. The third kappa shape index (κ3) is 4.52. The van der Waals surface area contributed by atoms with Crippen molar-refractivity contribution in [2.75, 3.05) is 20.2 Å². The number of methoxy groups -OCH3 is 1. The van der Waals surface area contributed by atoms with Crippen LogP contribution in [0.3, 0.4) is 0 Å². The highest BCUT2D eigenvalue weighted by Crippen LogP contribution is 2.35. The second kappa shape index (κ2) is 8.54. The summed E-state index contributed by atoms with van der Waals surface area (Å²) in [7, 11) is 1.70. The second-order valence-electron chi connectivity index (χ2n) is 6.21. The van der Waals surface area contributed by atoms with Crippen LogP contribution >= 0.6 is 15.9 Å². The molecule has 1 fully saturated rings. The summed E-state index contributed by atoms with van der Waals surface area (Å²) in [6.45, 7) is 3.85. The zero-order chi connectivity index (χ0) is 16.8. The maximum atomic E-state index is 5.97. The van der Waals surface area contributed by atoms with Crippen LogP contribution < -0.4 is 9.47 Å². The van der Waals surface area contributed by atoms with Crippen molar-refractivity contribution in [3.8, 4) is 11.5 Å². The highest BCUT2D eigenvalue weighted by Gasteiger charge is 2.15. The highest BCUT2D eigenvalue weighted by atomic mass is 79.9. The zero-order valence-corrected chi connectivity index (χ0v) is 15.7. The number of nitrogens with zero attached hydrogens (tertiary/aromatic N) is 1. The van der Waals surface area contributed by atoms with Gasteiger partial charge in [-0.1, -0.05) is 52.7 Å². The van der Waals surface area contributed by atoms with E-state index in [0.29, 0.717) is 6.61 Å². The molecular weight excluding hydrogens is 366 g/mol. The van der Waals surface area contributed by atoms with Gasteiger partial charge in [0.2, 0.25) is 0 Å². The predicted molar refractivity (Wildman–Crippen MR) is 101 cm³/mol. The summed E-state index contributed by atoms with van der Waals surface area (Å²) in [4.78, 5) is 2.51. The minimum Gasteiger partial charge on any atom is -0.493 e. The van der Waals surface area contributed by atoms with E-state index in [1.807, 2.05) is 24.3 Å². The number of piperidine rings is 1. The first-order valence-corrected chi connectivity index (χ1v) is 9.31. The first kappa shape index (κ1) is 17.3. The normalized spacial score (nSPS) is 15.2. The molecule has 1 heterocycles. The summed E-state index contributed by atoms with van der Waals surface area (Å²) < 4.78 is 12.6. The lowest BCUT2D eigenvalue weighted by Crippen LogP contribution is -2.29. The summed E-state index contributed by atoms with van der Waals surface area (Å²) >= 11 is 3.70. The molecule has 0 amide bonds.